The zero-order valence-electron chi connectivity index (χ0n) is 18.6. The SMILES string of the molecule is COc1ccccc1C1c2[nH]c3ccccc3c2CC2C(=O)N(CC3CCCO3)CC(=O)N21. The van der Waals surface area contributed by atoms with Crippen molar-refractivity contribution in [3.8, 4) is 5.75 Å². The average Bonchev–Trinajstić information content (AvgIpc) is 3.48. The van der Waals surface area contributed by atoms with Crippen LogP contribution in [-0.2, 0) is 20.7 Å². The van der Waals surface area contributed by atoms with Crippen LogP contribution in [0.1, 0.15) is 35.7 Å². The molecule has 7 nitrogen and oxygen atoms in total. The lowest BCUT2D eigenvalue weighted by molar-refractivity contribution is -0.160. The van der Waals surface area contributed by atoms with E-state index in [2.05, 4.69) is 11.1 Å². The average molecular weight is 446 g/mol. The molecule has 2 amide bonds. The molecule has 3 aliphatic rings. The molecule has 6 rings (SSSR count). The molecule has 2 aromatic carbocycles. The summed E-state index contributed by atoms with van der Waals surface area (Å²) < 4.78 is 11.4. The topological polar surface area (TPSA) is 74.9 Å². The highest BCUT2D eigenvalue weighted by Crippen LogP contribution is 2.44. The van der Waals surface area contributed by atoms with E-state index in [1.807, 2.05) is 42.5 Å². The number of benzene rings is 2. The van der Waals surface area contributed by atoms with Crippen molar-refractivity contribution in [3.63, 3.8) is 0 Å². The molecule has 2 fully saturated rings. The number of carbonyl (C=O) groups is 2. The van der Waals surface area contributed by atoms with Crippen LogP contribution in [-0.4, -0.2) is 65.6 Å². The van der Waals surface area contributed by atoms with E-state index in [1.54, 1.807) is 16.9 Å². The molecule has 2 saturated heterocycles. The summed E-state index contributed by atoms with van der Waals surface area (Å²) in [6.45, 7) is 1.29. The van der Waals surface area contributed by atoms with Gasteiger partial charge in [0.1, 0.15) is 17.8 Å². The van der Waals surface area contributed by atoms with Gasteiger partial charge in [0, 0.05) is 41.7 Å². The predicted octanol–water partition coefficient (Wildman–Crippen LogP) is 3.04. The van der Waals surface area contributed by atoms with Gasteiger partial charge < -0.3 is 24.3 Å². The van der Waals surface area contributed by atoms with Crippen molar-refractivity contribution in [2.75, 3.05) is 26.8 Å². The Balaban J connectivity index is 1.48. The van der Waals surface area contributed by atoms with Crippen LogP contribution in [0, 0.1) is 0 Å². The third kappa shape index (κ3) is 3.22. The molecule has 1 aromatic heterocycles. The van der Waals surface area contributed by atoms with Gasteiger partial charge in [-0.05, 0) is 30.5 Å². The van der Waals surface area contributed by atoms with E-state index in [4.69, 9.17) is 9.47 Å². The number of aromatic nitrogens is 1. The largest absolute Gasteiger partial charge is 0.496 e. The number of para-hydroxylation sites is 2. The van der Waals surface area contributed by atoms with E-state index in [9.17, 15) is 9.59 Å². The van der Waals surface area contributed by atoms with Crippen LogP contribution in [0.2, 0.25) is 0 Å². The van der Waals surface area contributed by atoms with Gasteiger partial charge in [-0.3, -0.25) is 9.59 Å². The van der Waals surface area contributed by atoms with Crippen molar-refractivity contribution in [3.05, 3.63) is 65.4 Å². The lowest BCUT2D eigenvalue weighted by Gasteiger charge is -2.47. The maximum Gasteiger partial charge on any atom is 0.246 e. The molecule has 170 valence electrons. The molecule has 3 aromatic rings. The standard InChI is InChI=1S/C26H27N3O4/c1-32-22-11-5-3-9-18(22)25-24-19(17-8-2-4-10-20(17)27-24)13-21-26(31)28(15-23(30)29(21)25)14-16-7-6-12-33-16/h2-5,8-11,16,21,25,27H,6-7,12-15H2,1H3. The van der Waals surface area contributed by atoms with Gasteiger partial charge >= 0.3 is 0 Å². The Morgan fingerprint density at radius 1 is 1.12 bits per heavy atom. The summed E-state index contributed by atoms with van der Waals surface area (Å²) in [5, 5.41) is 1.10. The molecule has 0 saturated carbocycles. The van der Waals surface area contributed by atoms with Gasteiger partial charge in [0.2, 0.25) is 11.8 Å². The summed E-state index contributed by atoms with van der Waals surface area (Å²) in [5.41, 5.74) is 3.96. The van der Waals surface area contributed by atoms with Gasteiger partial charge in [0.15, 0.2) is 0 Å². The van der Waals surface area contributed by atoms with Crippen LogP contribution in [0.4, 0.5) is 0 Å². The highest BCUT2D eigenvalue weighted by molar-refractivity contribution is 5.97. The van der Waals surface area contributed by atoms with Crippen LogP contribution in [0.15, 0.2) is 48.5 Å². The normalized spacial score (nSPS) is 24.8. The first-order valence-electron chi connectivity index (χ1n) is 11.6. The first-order valence-corrected chi connectivity index (χ1v) is 11.6. The summed E-state index contributed by atoms with van der Waals surface area (Å²) in [5.74, 6) is 0.661. The second-order valence-electron chi connectivity index (χ2n) is 9.08. The van der Waals surface area contributed by atoms with Crippen LogP contribution in [0.3, 0.4) is 0 Å². The summed E-state index contributed by atoms with van der Waals surface area (Å²) >= 11 is 0. The molecule has 4 heterocycles. The second-order valence-corrected chi connectivity index (χ2v) is 9.08. The molecule has 0 aliphatic carbocycles. The number of rotatable bonds is 4. The Kier molecular flexibility index (Phi) is 4.87. The summed E-state index contributed by atoms with van der Waals surface area (Å²) in [4.78, 5) is 34.4. The first kappa shape index (κ1) is 20.3. The van der Waals surface area contributed by atoms with Gasteiger partial charge in [-0.2, -0.15) is 0 Å². The number of ether oxygens (including phenoxy) is 2. The number of nitrogens with zero attached hydrogens (tertiary/aromatic N) is 2. The lowest BCUT2D eigenvalue weighted by Crippen LogP contribution is -2.63. The third-order valence-corrected chi connectivity index (χ3v) is 7.22. The molecule has 3 atom stereocenters. The van der Waals surface area contributed by atoms with Crippen molar-refractivity contribution in [2.45, 2.75) is 37.5 Å². The number of hydrogen-bond acceptors (Lipinski definition) is 4. The van der Waals surface area contributed by atoms with Gasteiger partial charge in [0.25, 0.3) is 0 Å². The number of nitrogens with one attached hydrogen (secondary N) is 1. The number of piperazine rings is 1. The molecule has 3 unspecified atom stereocenters. The molecule has 1 N–H and O–H groups in total. The van der Waals surface area contributed by atoms with Gasteiger partial charge in [-0.1, -0.05) is 36.4 Å². The van der Waals surface area contributed by atoms with Crippen molar-refractivity contribution < 1.29 is 19.1 Å². The minimum Gasteiger partial charge on any atom is -0.496 e. The monoisotopic (exact) mass is 445 g/mol. The number of amides is 2. The summed E-state index contributed by atoms with van der Waals surface area (Å²) in [7, 11) is 1.64. The smallest absolute Gasteiger partial charge is 0.246 e. The fourth-order valence-electron chi connectivity index (χ4n) is 5.73. The van der Waals surface area contributed by atoms with Crippen LogP contribution in [0.5, 0.6) is 5.75 Å². The Labute approximate surface area is 192 Å². The Morgan fingerprint density at radius 3 is 2.76 bits per heavy atom. The minimum atomic E-state index is -0.547. The highest BCUT2D eigenvalue weighted by Gasteiger charge is 2.49. The predicted molar refractivity (Wildman–Crippen MR) is 123 cm³/mol. The highest BCUT2D eigenvalue weighted by atomic mass is 16.5. The maximum absolute atomic E-state index is 13.7. The lowest BCUT2D eigenvalue weighted by atomic mass is 9.86. The van der Waals surface area contributed by atoms with Gasteiger partial charge in [0.05, 0.1) is 19.8 Å². The van der Waals surface area contributed by atoms with E-state index >= 15 is 0 Å². The van der Waals surface area contributed by atoms with Crippen LogP contribution < -0.4 is 4.74 Å². The van der Waals surface area contributed by atoms with E-state index in [-0.39, 0.29) is 24.5 Å². The zero-order valence-corrected chi connectivity index (χ0v) is 18.6. The van der Waals surface area contributed by atoms with Gasteiger partial charge in [-0.25, -0.2) is 0 Å². The van der Waals surface area contributed by atoms with E-state index in [0.29, 0.717) is 18.7 Å². The second kappa shape index (κ2) is 7.92. The van der Waals surface area contributed by atoms with Crippen molar-refractivity contribution >= 4 is 22.7 Å². The number of H-pyrrole nitrogens is 1. The van der Waals surface area contributed by atoms with Crippen molar-refractivity contribution in [1.29, 1.82) is 0 Å². The number of carbonyl (C=O) groups excluding carboxylic acids is 2. The molecule has 33 heavy (non-hydrogen) atoms. The molecular weight excluding hydrogens is 418 g/mol. The third-order valence-electron chi connectivity index (χ3n) is 7.22. The Morgan fingerprint density at radius 2 is 1.94 bits per heavy atom. The maximum atomic E-state index is 13.7. The van der Waals surface area contributed by atoms with E-state index < -0.39 is 12.1 Å². The molecule has 0 bridgehead atoms. The molecule has 7 heteroatoms. The Bertz CT molecular complexity index is 1230. The fraction of sp³-hybridized carbons (Fsp3) is 0.385. The van der Waals surface area contributed by atoms with Gasteiger partial charge in [-0.15, -0.1) is 0 Å². The molecule has 3 aliphatic heterocycles. The van der Waals surface area contributed by atoms with Crippen molar-refractivity contribution in [1.82, 2.24) is 14.8 Å². The fourth-order valence-corrected chi connectivity index (χ4v) is 5.73. The molecule has 0 radical (unpaired) electrons. The quantitative estimate of drug-likeness (QED) is 0.670. The number of aromatic amines is 1. The number of fused-ring (bicyclic) bond motifs is 4. The number of hydrogen-bond donors (Lipinski definition) is 1. The van der Waals surface area contributed by atoms with Crippen LogP contribution in [0.25, 0.3) is 10.9 Å². The Hall–Kier alpha value is -3.32. The van der Waals surface area contributed by atoms with Crippen molar-refractivity contribution in [2.24, 2.45) is 0 Å². The minimum absolute atomic E-state index is 0.000860. The zero-order chi connectivity index (χ0) is 22.5. The molecular formula is C26H27N3O4. The first-order chi connectivity index (χ1) is 16.2. The summed E-state index contributed by atoms with van der Waals surface area (Å²) in [6.07, 6.45) is 2.45. The van der Waals surface area contributed by atoms with E-state index in [1.165, 1.54) is 0 Å². The van der Waals surface area contributed by atoms with E-state index in [0.717, 1.165) is 47.2 Å². The number of methoxy groups -OCH3 is 1. The molecule has 0 spiro atoms. The summed E-state index contributed by atoms with van der Waals surface area (Å²) in [6, 6.07) is 14.9. The van der Waals surface area contributed by atoms with Crippen LogP contribution >= 0.6 is 0 Å².